The Balaban J connectivity index is 1.53. The van der Waals surface area contributed by atoms with Crippen LogP contribution in [0.2, 0.25) is 0 Å². The fourth-order valence-electron chi connectivity index (χ4n) is 3.37. The summed E-state index contributed by atoms with van der Waals surface area (Å²) in [6.45, 7) is 2.59. The maximum absolute atomic E-state index is 12.4. The molecule has 0 radical (unpaired) electrons. The molecule has 0 aromatic heterocycles. The maximum atomic E-state index is 12.4. The zero-order valence-corrected chi connectivity index (χ0v) is 12.8. The molecule has 2 aliphatic rings. The van der Waals surface area contributed by atoms with Crippen molar-refractivity contribution in [2.45, 2.75) is 25.7 Å². The highest BCUT2D eigenvalue weighted by Gasteiger charge is 2.22. The number of piperazine rings is 1. The molecule has 3 rings (SSSR count). The number of hydrogen-bond donors (Lipinski definition) is 1. The molecule has 1 saturated heterocycles. The van der Waals surface area contributed by atoms with E-state index in [1.807, 2.05) is 9.80 Å². The van der Waals surface area contributed by atoms with Gasteiger partial charge in [0.25, 0.3) is 0 Å². The summed E-state index contributed by atoms with van der Waals surface area (Å²) < 4.78 is 0. The Morgan fingerprint density at radius 2 is 1.77 bits per heavy atom. The number of carboxylic acid groups (broad SMARTS) is 1. The van der Waals surface area contributed by atoms with E-state index in [1.54, 1.807) is 0 Å². The number of carboxylic acids is 1. The first-order valence-corrected chi connectivity index (χ1v) is 7.94. The summed E-state index contributed by atoms with van der Waals surface area (Å²) in [5.74, 6) is -0.661. The normalized spacial score (nSPS) is 18.3. The standard InChI is InChI=1S/C17H22N2O3/c20-16(19-8-6-18(7-9-19)12-17(21)22)11-13-4-5-14-2-1-3-15(14)10-13/h4-5,10H,1-3,6-9,11-12H2,(H,21,22). The Morgan fingerprint density at radius 1 is 1.05 bits per heavy atom. The lowest BCUT2D eigenvalue weighted by molar-refractivity contribution is -0.139. The van der Waals surface area contributed by atoms with Gasteiger partial charge in [-0.3, -0.25) is 14.5 Å². The molecular formula is C17H22N2O3. The van der Waals surface area contributed by atoms with E-state index in [-0.39, 0.29) is 12.5 Å². The van der Waals surface area contributed by atoms with Gasteiger partial charge in [-0.25, -0.2) is 0 Å². The van der Waals surface area contributed by atoms with Gasteiger partial charge in [-0.05, 0) is 36.0 Å². The molecular weight excluding hydrogens is 280 g/mol. The first-order valence-electron chi connectivity index (χ1n) is 7.94. The minimum absolute atomic E-state index is 0.0624. The number of amides is 1. The molecule has 1 aromatic rings. The molecule has 118 valence electrons. The van der Waals surface area contributed by atoms with E-state index < -0.39 is 5.97 Å². The molecule has 0 atom stereocenters. The summed E-state index contributed by atoms with van der Waals surface area (Å²) in [6.07, 6.45) is 3.96. The van der Waals surface area contributed by atoms with E-state index in [4.69, 9.17) is 5.11 Å². The number of fused-ring (bicyclic) bond motifs is 1. The van der Waals surface area contributed by atoms with Crippen molar-refractivity contribution in [3.8, 4) is 0 Å². The van der Waals surface area contributed by atoms with Crippen LogP contribution in [0.15, 0.2) is 18.2 Å². The third-order valence-electron chi connectivity index (χ3n) is 4.60. The number of benzene rings is 1. The number of carbonyl (C=O) groups is 2. The molecule has 1 amide bonds. The Bertz CT molecular complexity index is 577. The Kier molecular flexibility index (Phi) is 4.43. The van der Waals surface area contributed by atoms with Gasteiger partial charge in [-0.1, -0.05) is 18.2 Å². The van der Waals surface area contributed by atoms with Gasteiger partial charge in [0.15, 0.2) is 0 Å². The minimum atomic E-state index is -0.807. The van der Waals surface area contributed by atoms with Crippen molar-refractivity contribution < 1.29 is 14.7 Å². The van der Waals surface area contributed by atoms with E-state index in [0.29, 0.717) is 32.6 Å². The third kappa shape index (κ3) is 3.47. The maximum Gasteiger partial charge on any atom is 0.317 e. The van der Waals surface area contributed by atoms with Crippen LogP contribution in [0.5, 0.6) is 0 Å². The SMILES string of the molecule is O=C(O)CN1CCN(C(=O)Cc2ccc3c(c2)CCC3)CC1. The second kappa shape index (κ2) is 6.48. The molecule has 0 spiro atoms. The van der Waals surface area contributed by atoms with Gasteiger partial charge in [-0.2, -0.15) is 0 Å². The molecule has 22 heavy (non-hydrogen) atoms. The smallest absolute Gasteiger partial charge is 0.317 e. The highest BCUT2D eigenvalue weighted by Crippen LogP contribution is 2.23. The second-order valence-electron chi connectivity index (χ2n) is 6.18. The number of rotatable bonds is 4. The molecule has 1 aliphatic carbocycles. The van der Waals surface area contributed by atoms with Crippen LogP contribution >= 0.6 is 0 Å². The average Bonchev–Trinajstić information content (AvgIpc) is 2.95. The van der Waals surface area contributed by atoms with Crippen LogP contribution in [0.1, 0.15) is 23.1 Å². The molecule has 5 heteroatoms. The summed E-state index contributed by atoms with van der Waals surface area (Å²) in [5.41, 5.74) is 3.92. The quantitative estimate of drug-likeness (QED) is 0.899. The van der Waals surface area contributed by atoms with Crippen molar-refractivity contribution in [2.24, 2.45) is 0 Å². The van der Waals surface area contributed by atoms with E-state index in [1.165, 1.54) is 17.5 Å². The van der Waals surface area contributed by atoms with E-state index in [2.05, 4.69) is 18.2 Å². The summed E-state index contributed by atoms with van der Waals surface area (Å²) in [7, 11) is 0. The van der Waals surface area contributed by atoms with Gasteiger partial charge < -0.3 is 10.0 Å². The molecule has 0 saturated carbocycles. The molecule has 0 unspecified atom stereocenters. The van der Waals surface area contributed by atoms with Gasteiger partial charge in [0.05, 0.1) is 13.0 Å². The number of aliphatic carboxylic acids is 1. The zero-order chi connectivity index (χ0) is 15.5. The summed E-state index contributed by atoms with van der Waals surface area (Å²) in [5, 5.41) is 8.79. The number of nitrogens with zero attached hydrogens (tertiary/aromatic N) is 2. The molecule has 1 fully saturated rings. The minimum Gasteiger partial charge on any atom is -0.480 e. The Morgan fingerprint density at radius 3 is 2.50 bits per heavy atom. The second-order valence-corrected chi connectivity index (χ2v) is 6.18. The number of aryl methyl sites for hydroxylation is 2. The predicted molar refractivity (Wildman–Crippen MR) is 82.8 cm³/mol. The molecule has 1 aliphatic heterocycles. The fraction of sp³-hybridized carbons (Fsp3) is 0.529. The largest absolute Gasteiger partial charge is 0.480 e. The van der Waals surface area contributed by atoms with E-state index in [0.717, 1.165) is 18.4 Å². The third-order valence-corrected chi connectivity index (χ3v) is 4.60. The highest BCUT2D eigenvalue weighted by molar-refractivity contribution is 5.79. The average molecular weight is 302 g/mol. The van der Waals surface area contributed by atoms with Gasteiger partial charge in [0, 0.05) is 26.2 Å². The van der Waals surface area contributed by atoms with Crippen LogP contribution in [-0.2, 0) is 28.9 Å². The van der Waals surface area contributed by atoms with Gasteiger partial charge in [0.2, 0.25) is 5.91 Å². The summed E-state index contributed by atoms with van der Waals surface area (Å²) in [4.78, 5) is 26.8. The monoisotopic (exact) mass is 302 g/mol. The lowest BCUT2D eigenvalue weighted by atomic mass is 10.0. The number of carbonyl (C=O) groups excluding carboxylic acids is 1. The molecule has 1 N–H and O–H groups in total. The summed E-state index contributed by atoms with van der Waals surface area (Å²) in [6, 6.07) is 6.42. The van der Waals surface area contributed by atoms with E-state index in [9.17, 15) is 9.59 Å². The van der Waals surface area contributed by atoms with Crippen molar-refractivity contribution >= 4 is 11.9 Å². The Hall–Kier alpha value is -1.88. The lowest BCUT2D eigenvalue weighted by Gasteiger charge is -2.33. The van der Waals surface area contributed by atoms with E-state index >= 15 is 0 Å². The first kappa shape index (κ1) is 15.0. The van der Waals surface area contributed by atoms with Crippen molar-refractivity contribution in [3.63, 3.8) is 0 Å². The number of hydrogen-bond acceptors (Lipinski definition) is 3. The zero-order valence-electron chi connectivity index (χ0n) is 12.8. The van der Waals surface area contributed by atoms with Crippen molar-refractivity contribution in [3.05, 3.63) is 34.9 Å². The first-order chi connectivity index (χ1) is 10.6. The molecule has 5 nitrogen and oxygen atoms in total. The van der Waals surface area contributed by atoms with Crippen molar-refractivity contribution in [1.29, 1.82) is 0 Å². The van der Waals surface area contributed by atoms with Gasteiger partial charge in [0.1, 0.15) is 0 Å². The van der Waals surface area contributed by atoms with Crippen LogP contribution in [-0.4, -0.2) is 59.5 Å². The van der Waals surface area contributed by atoms with Crippen LogP contribution in [0.4, 0.5) is 0 Å². The topological polar surface area (TPSA) is 60.9 Å². The highest BCUT2D eigenvalue weighted by atomic mass is 16.4. The molecule has 1 aromatic carbocycles. The van der Waals surface area contributed by atoms with Crippen LogP contribution in [0, 0.1) is 0 Å². The summed E-state index contributed by atoms with van der Waals surface area (Å²) >= 11 is 0. The van der Waals surface area contributed by atoms with Crippen molar-refractivity contribution in [2.75, 3.05) is 32.7 Å². The fourth-order valence-corrected chi connectivity index (χ4v) is 3.37. The van der Waals surface area contributed by atoms with Crippen LogP contribution in [0.3, 0.4) is 0 Å². The molecule has 0 bridgehead atoms. The van der Waals surface area contributed by atoms with Gasteiger partial charge >= 0.3 is 5.97 Å². The van der Waals surface area contributed by atoms with Crippen molar-refractivity contribution in [1.82, 2.24) is 9.80 Å². The molecule has 1 heterocycles. The predicted octanol–water partition coefficient (Wildman–Crippen LogP) is 0.947. The van der Waals surface area contributed by atoms with Gasteiger partial charge in [-0.15, -0.1) is 0 Å². The van der Waals surface area contributed by atoms with Crippen LogP contribution in [0.25, 0.3) is 0 Å². The lowest BCUT2D eigenvalue weighted by Crippen LogP contribution is -2.50. The Labute approximate surface area is 130 Å². The van der Waals surface area contributed by atoms with Crippen LogP contribution < -0.4 is 0 Å².